The van der Waals surface area contributed by atoms with Gasteiger partial charge in [-0.1, -0.05) is 11.6 Å². The second-order valence-electron chi connectivity index (χ2n) is 6.77. The van der Waals surface area contributed by atoms with Crippen molar-refractivity contribution in [1.29, 1.82) is 0 Å². The van der Waals surface area contributed by atoms with E-state index in [9.17, 15) is 9.18 Å². The summed E-state index contributed by atoms with van der Waals surface area (Å²) in [5.74, 6) is -0.369. The third kappa shape index (κ3) is 4.63. The van der Waals surface area contributed by atoms with Gasteiger partial charge >= 0.3 is 6.03 Å². The number of benzene rings is 1. The molecule has 25 heavy (non-hydrogen) atoms. The summed E-state index contributed by atoms with van der Waals surface area (Å²) >= 11 is 6.08. The number of hydrogen-bond donors (Lipinski definition) is 1. The van der Waals surface area contributed by atoms with E-state index in [2.05, 4.69) is 10.2 Å². The number of ether oxygens (including phenoxy) is 1. The number of amides is 2. The average molecular weight is 370 g/mol. The molecular weight excluding hydrogens is 345 g/mol. The predicted octanol–water partition coefficient (Wildman–Crippen LogP) is 3.51. The molecule has 138 valence electrons. The standard InChI is InChI=1S/C18H25ClFN3O2/c1-13-10-17(15(19)11-16(13)20)21-18(24)23-5-3-2-4-14(23)12-22-6-8-25-9-7-22/h10-11,14H,2-9,12H2,1H3,(H,21,24)/t14-/m0/s1. The topological polar surface area (TPSA) is 44.8 Å². The van der Waals surface area contributed by atoms with E-state index in [-0.39, 0.29) is 22.9 Å². The van der Waals surface area contributed by atoms with E-state index in [1.807, 2.05) is 4.90 Å². The molecule has 2 saturated heterocycles. The van der Waals surface area contributed by atoms with Crippen molar-refractivity contribution < 1.29 is 13.9 Å². The number of urea groups is 1. The first-order valence-electron chi connectivity index (χ1n) is 8.88. The third-order valence-electron chi connectivity index (χ3n) is 4.95. The molecule has 2 amide bonds. The Bertz CT molecular complexity index is 623. The number of halogens is 2. The van der Waals surface area contributed by atoms with Gasteiger partial charge in [-0.05, 0) is 43.9 Å². The summed E-state index contributed by atoms with van der Waals surface area (Å²) in [6, 6.07) is 2.85. The number of carbonyl (C=O) groups is 1. The Morgan fingerprint density at radius 3 is 2.84 bits per heavy atom. The zero-order chi connectivity index (χ0) is 17.8. The second-order valence-corrected chi connectivity index (χ2v) is 7.17. The van der Waals surface area contributed by atoms with Gasteiger partial charge in [0.1, 0.15) is 5.82 Å². The molecule has 5 nitrogen and oxygen atoms in total. The van der Waals surface area contributed by atoms with E-state index in [1.165, 1.54) is 6.07 Å². The van der Waals surface area contributed by atoms with Crippen LogP contribution in [0.5, 0.6) is 0 Å². The molecule has 1 aromatic carbocycles. The minimum Gasteiger partial charge on any atom is -0.379 e. The Balaban J connectivity index is 1.67. The number of hydrogen-bond acceptors (Lipinski definition) is 3. The van der Waals surface area contributed by atoms with E-state index in [0.717, 1.165) is 58.7 Å². The quantitative estimate of drug-likeness (QED) is 0.886. The van der Waals surface area contributed by atoms with Gasteiger partial charge in [-0.2, -0.15) is 0 Å². The monoisotopic (exact) mass is 369 g/mol. The number of rotatable bonds is 3. The fourth-order valence-corrected chi connectivity index (χ4v) is 3.68. The molecule has 2 aliphatic heterocycles. The molecule has 1 aromatic rings. The van der Waals surface area contributed by atoms with Crippen molar-refractivity contribution in [3.63, 3.8) is 0 Å². The average Bonchev–Trinajstić information content (AvgIpc) is 2.61. The van der Waals surface area contributed by atoms with Crippen LogP contribution in [0.3, 0.4) is 0 Å². The normalized spacial score (nSPS) is 22.0. The van der Waals surface area contributed by atoms with Crippen molar-refractivity contribution in [2.24, 2.45) is 0 Å². The lowest BCUT2D eigenvalue weighted by molar-refractivity contribution is 0.0229. The number of carbonyl (C=O) groups excluding carboxylic acids is 1. The Hall–Kier alpha value is -1.37. The molecular formula is C18H25ClFN3O2. The molecule has 0 bridgehead atoms. The highest BCUT2D eigenvalue weighted by Gasteiger charge is 2.29. The van der Waals surface area contributed by atoms with Crippen molar-refractivity contribution in [2.45, 2.75) is 32.2 Å². The van der Waals surface area contributed by atoms with Crippen molar-refractivity contribution in [3.8, 4) is 0 Å². The van der Waals surface area contributed by atoms with Crippen LogP contribution in [-0.4, -0.2) is 61.3 Å². The van der Waals surface area contributed by atoms with Crippen LogP contribution in [-0.2, 0) is 4.74 Å². The largest absolute Gasteiger partial charge is 0.379 e. The van der Waals surface area contributed by atoms with Crippen molar-refractivity contribution in [2.75, 3.05) is 44.7 Å². The predicted molar refractivity (Wildman–Crippen MR) is 96.8 cm³/mol. The van der Waals surface area contributed by atoms with Crippen LogP contribution >= 0.6 is 11.6 Å². The SMILES string of the molecule is Cc1cc(NC(=O)N2CCCC[C@H]2CN2CCOCC2)c(Cl)cc1F. The summed E-state index contributed by atoms with van der Waals surface area (Å²) < 4.78 is 18.9. The molecule has 1 atom stereocenters. The van der Waals surface area contributed by atoms with Crippen LogP contribution in [0.4, 0.5) is 14.9 Å². The minimum atomic E-state index is -0.369. The molecule has 2 fully saturated rings. The number of piperidine rings is 1. The van der Waals surface area contributed by atoms with Gasteiger partial charge in [-0.3, -0.25) is 4.90 Å². The highest BCUT2D eigenvalue weighted by molar-refractivity contribution is 6.33. The molecule has 3 rings (SSSR count). The van der Waals surface area contributed by atoms with Gasteiger partial charge in [0.05, 0.1) is 23.9 Å². The number of nitrogens with zero attached hydrogens (tertiary/aromatic N) is 2. The van der Waals surface area contributed by atoms with Crippen LogP contribution < -0.4 is 5.32 Å². The highest BCUT2D eigenvalue weighted by atomic mass is 35.5. The highest BCUT2D eigenvalue weighted by Crippen LogP contribution is 2.27. The third-order valence-corrected chi connectivity index (χ3v) is 5.26. The summed E-state index contributed by atoms with van der Waals surface area (Å²) in [4.78, 5) is 17.0. The van der Waals surface area contributed by atoms with E-state index in [1.54, 1.807) is 13.0 Å². The number of nitrogens with one attached hydrogen (secondary N) is 1. The van der Waals surface area contributed by atoms with E-state index >= 15 is 0 Å². The number of likely N-dealkylation sites (tertiary alicyclic amines) is 1. The van der Waals surface area contributed by atoms with Gasteiger partial charge in [0.25, 0.3) is 0 Å². The van der Waals surface area contributed by atoms with Gasteiger partial charge in [0.2, 0.25) is 0 Å². The number of anilines is 1. The van der Waals surface area contributed by atoms with Gasteiger partial charge < -0.3 is 15.0 Å². The Labute approximate surface area is 153 Å². The lowest BCUT2D eigenvalue weighted by Gasteiger charge is -2.39. The zero-order valence-corrected chi connectivity index (χ0v) is 15.3. The first-order valence-corrected chi connectivity index (χ1v) is 9.26. The number of aryl methyl sites for hydroxylation is 1. The summed E-state index contributed by atoms with van der Waals surface area (Å²) in [7, 11) is 0. The second kappa shape index (κ2) is 8.34. The maximum atomic E-state index is 13.6. The molecule has 2 aliphatic rings. The lowest BCUT2D eigenvalue weighted by Crippen LogP contribution is -2.52. The Kier molecular flexibility index (Phi) is 6.15. The van der Waals surface area contributed by atoms with E-state index in [4.69, 9.17) is 16.3 Å². The van der Waals surface area contributed by atoms with Crippen LogP contribution in [0.1, 0.15) is 24.8 Å². The summed E-state index contributed by atoms with van der Waals surface area (Å²) in [5, 5.41) is 3.08. The fourth-order valence-electron chi connectivity index (χ4n) is 3.48. The molecule has 0 unspecified atom stereocenters. The summed E-state index contributed by atoms with van der Waals surface area (Å²) in [6.45, 7) is 6.59. The molecule has 2 heterocycles. The fraction of sp³-hybridized carbons (Fsp3) is 0.611. The van der Waals surface area contributed by atoms with E-state index < -0.39 is 0 Å². The van der Waals surface area contributed by atoms with Crippen molar-refractivity contribution in [1.82, 2.24) is 9.80 Å². The number of morpholine rings is 1. The molecule has 0 spiro atoms. The molecule has 0 saturated carbocycles. The summed E-state index contributed by atoms with van der Waals surface area (Å²) in [6.07, 6.45) is 3.14. The van der Waals surface area contributed by atoms with Crippen LogP contribution in [0.25, 0.3) is 0 Å². The molecule has 7 heteroatoms. The first-order chi connectivity index (χ1) is 12.0. The molecule has 0 aliphatic carbocycles. The van der Waals surface area contributed by atoms with Crippen LogP contribution in [0.2, 0.25) is 5.02 Å². The maximum absolute atomic E-state index is 13.6. The smallest absolute Gasteiger partial charge is 0.322 e. The van der Waals surface area contributed by atoms with Gasteiger partial charge in [0, 0.05) is 32.2 Å². The molecule has 0 aromatic heterocycles. The Morgan fingerprint density at radius 2 is 2.08 bits per heavy atom. The van der Waals surface area contributed by atoms with Crippen LogP contribution in [0, 0.1) is 12.7 Å². The van der Waals surface area contributed by atoms with Crippen molar-refractivity contribution in [3.05, 3.63) is 28.5 Å². The summed E-state index contributed by atoms with van der Waals surface area (Å²) in [5.41, 5.74) is 0.921. The molecule has 1 N–H and O–H groups in total. The van der Waals surface area contributed by atoms with Gasteiger partial charge in [-0.25, -0.2) is 9.18 Å². The molecule has 0 radical (unpaired) electrons. The maximum Gasteiger partial charge on any atom is 0.322 e. The van der Waals surface area contributed by atoms with Crippen molar-refractivity contribution >= 4 is 23.3 Å². The lowest BCUT2D eigenvalue weighted by atomic mass is 10.0. The minimum absolute atomic E-state index is 0.161. The Morgan fingerprint density at radius 1 is 1.32 bits per heavy atom. The zero-order valence-electron chi connectivity index (χ0n) is 14.6. The van der Waals surface area contributed by atoms with E-state index in [0.29, 0.717) is 11.3 Å². The van der Waals surface area contributed by atoms with Gasteiger partial charge in [0.15, 0.2) is 0 Å². The first kappa shape index (κ1) is 18.4. The van der Waals surface area contributed by atoms with Crippen LogP contribution in [0.15, 0.2) is 12.1 Å². The van der Waals surface area contributed by atoms with Gasteiger partial charge in [-0.15, -0.1) is 0 Å².